The summed E-state index contributed by atoms with van der Waals surface area (Å²) in [6.07, 6.45) is 1.72. The summed E-state index contributed by atoms with van der Waals surface area (Å²) in [6, 6.07) is 4.14. The molecule has 0 fully saturated rings. The molecule has 1 aromatic heterocycles. The van der Waals surface area contributed by atoms with Crippen LogP contribution in [0.4, 0.5) is 10.2 Å². The van der Waals surface area contributed by atoms with Gasteiger partial charge in [-0.3, -0.25) is 0 Å². The highest BCUT2D eigenvalue weighted by Gasteiger charge is 2.22. The van der Waals surface area contributed by atoms with Gasteiger partial charge in [-0.25, -0.2) is 13.9 Å². The number of hydrogen-bond donors (Lipinski definition) is 2. The normalized spacial score (nSPS) is 10.7. The monoisotopic (exact) mass is 281 g/mol. The first-order chi connectivity index (χ1) is 8.95. The van der Waals surface area contributed by atoms with E-state index in [1.165, 1.54) is 34.6 Å². The highest BCUT2D eigenvalue weighted by Crippen LogP contribution is 2.28. The lowest BCUT2D eigenvalue weighted by atomic mass is 10.2. The van der Waals surface area contributed by atoms with E-state index < -0.39 is 5.97 Å². The van der Waals surface area contributed by atoms with E-state index >= 15 is 0 Å². The smallest absolute Gasteiger partial charge is 0.342 e. The lowest BCUT2D eigenvalue weighted by Crippen LogP contribution is -2.07. The summed E-state index contributed by atoms with van der Waals surface area (Å²) in [6.45, 7) is 1.71. The topological polar surface area (TPSA) is 81.1 Å². The van der Waals surface area contributed by atoms with E-state index in [0.29, 0.717) is 16.3 Å². The van der Waals surface area contributed by atoms with Crippen LogP contribution in [0, 0.1) is 12.7 Å². The number of hydrogen-bond acceptors (Lipinski definition) is 4. The van der Waals surface area contributed by atoms with Crippen molar-refractivity contribution in [3.8, 4) is 5.69 Å². The van der Waals surface area contributed by atoms with Gasteiger partial charge in [-0.05, 0) is 36.9 Å². The van der Waals surface area contributed by atoms with Crippen molar-refractivity contribution in [3.05, 3.63) is 35.1 Å². The minimum absolute atomic E-state index is 0.0313. The molecular weight excluding hydrogens is 269 g/mol. The molecule has 100 valence electrons. The van der Waals surface area contributed by atoms with Gasteiger partial charge in [-0.1, -0.05) is 0 Å². The fraction of sp³-hybridized carbons (Fsp3) is 0.167. The van der Waals surface area contributed by atoms with Crippen LogP contribution in [-0.2, 0) is 0 Å². The molecule has 0 amide bonds. The molecule has 0 aliphatic rings. The fourth-order valence-electron chi connectivity index (χ4n) is 1.79. The highest BCUT2D eigenvalue weighted by molar-refractivity contribution is 7.98. The maximum absolute atomic E-state index is 13.1. The third kappa shape index (κ3) is 2.28. The first-order valence-corrected chi connectivity index (χ1v) is 6.60. The van der Waals surface area contributed by atoms with Crippen LogP contribution in [0.15, 0.2) is 23.2 Å². The van der Waals surface area contributed by atoms with Crippen LogP contribution in [0.3, 0.4) is 0 Å². The van der Waals surface area contributed by atoms with Gasteiger partial charge < -0.3 is 10.8 Å². The Hall–Kier alpha value is -2.02. The average Bonchev–Trinajstić information content (AvgIpc) is 2.66. The number of anilines is 1. The van der Waals surface area contributed by atoms with Crippen molar-refractivity contribution in [2.24, 2.45) is 0 Å². The number of aromatic carboxylic acids is 1. The molecular formula is C12H12FN3O2S. The van der Waals surface area contributed by atoms with Gasteiger partial charge in [-0.2, -0.15) is 5.10 Å². The minimum atomic E-state index is -1.13. The molecule has 0 bridgehead atoms. The van der Waals surface area contributed by atoms with Crippen molar-refractivity contribution in [2.75, 3.05) is 12.0 Å². The maximum Gasteiger partial charge on any atom is 0.342 e. The molecule has 3 N–H and O–H groups in total. The number of nitrogens with two attached hydrogens (primary N) is 1. The molecule has 0 spiro atoms. The number of carbonyl (C=O) groups is 1. The van der Waals surface area contributed by atoms with Crippen molar-refractivity contribution >= 4 is 23.5 Å². The number of carboxylic acids is 1. The zero-order valence-corrected chi connectivity index (χ0v) is 11.2. The summed E-state index contributed by atoms with van der Waals surface area (Å²) in [5.41, 5.74) is 6.98. The Bertz CT molecular complexity index is 655. The molecule has 0 saturated carbocycles. The maximum atomic E-state index is 13.1. The summed E-state index contributed by atoms with van der Waals surface area (Å²) in [4.78, 5) is 11.2. The number of carboxylic acid groups (broad SMARTS) is 1. The van der Waals surface area contributed by atoms with Crippen LogP contribution >= 0.6 is 11.8 Å². The fourth-order valence-corrected chi connectivity index (χ4v) is 2.35. The van der Waals surface area contributed by atoms with Crippen LogP contribution in [0.5, 0.6) is 0 Å². The number of thioether (sulfide) groups is 1. The predicted molar refractivity (Wildman–Crippen MR) is 71.4 cm³/mol. The standard InChI is InChI=1S/C12H12FN3O2S/c1-6-5-7(13)3-4-8(6)16-10(14)9(12(17)18)11(15-16)19-2/h3-5H,14H2,1-2H3,(H,17,18). The average molecular weight is 281 g/mol. The van der Waals surface area contributed by atoms with Crippen molar-refractivity contribution in [1.82, 2.24) is 9.78 Å². The van der Waals surface area contributed by atoms with Crippen LogP contribution in [0.25, 0.3) is 5.69 Å². The molecule has 2 aromatic rings. The SMILES string of the molecule is CSc1nn(-c2ccc(F)cc2C)c(N)c1C(=O)O. The van der Waals surface area contributed by atoms with Gasteiger partial charge in [0.25, 0.3) is 0 Å². The first-order valence-electron chi connectivity index (χ1n) is 5.38. The summed E-state index contributed by atoms with van der Waals surface area (Å²) in [5.74, 6) is -1.46. The molecule has 1 aromatic carbocycles. The Kier molecular flexibility index (Phi) is 3.48. The second kappa shape index (κ2) is 4.93. The molecule has 0 aliphatic heterocycles. The Morgan fingerprint density at radius 1 is 1.53 bits per heavy atom. The molecule has 7 heteroatoms. The van der Waals surface area contributed by atoms with E-state index in [0.717, 1.165) is 0 Å². The van der Waals surface area contributed by atoms with Gasteiger partial charge in [0.2, 0.25) is 0 Å². The number of nitrogen functional groups attached to an aromatic ring is 1. The quantitative estimate of drug-likeness (QED) is 0.844. The first kappa shape index (κ1) is 13.4. The predicted octanol–water partition coefficient (Wildman–Crippen LogP) is 2.32. The van der Waals surface area contributed by atoms with Gasteiger partial charge in [0, 0.05) is 0 Å². The van der Waals surface area contributed by atoms with E-state index in [-0.39, 0.29) is 17.2 Å². The Morgan fingerprint density at radius 3 is 2.68 bits per heavy atom. The molecule has 0 aliphatic carbocycles. The largest absolute Gasteiger partial charge is 0.477 e. The van der Waals surface area contributed by atoms with Crippen LogP contribution in [0.1, 0.15) is 15.9 Å². The summed E-state index contributed by atoms with van der Waals surface area (Å²) in [7, 11) is 0. The molecule has 19 heavy (non-hydrogen) atoms. The summed E-state index contributed by atoms with van der Waals surface area (Å²) >= 11 is 1.20. The van der Waals surface area contributed by atoms with E-state index in [4.69, 9.17) is 10.8 Å². The summed E-state index contributed by atoms with van der Waals surface area (Å²) < 4.78 is 14.4. The molecule has 2 rings (SSSR count). The van der Waals surface area contributed by atoms with E-state index in [9.17, 15) is 9.18 Å². The number of halogens is 1. The molecule has 0 atom stereocenters. The van der Waals surface area contributed by atoms with Gasteiger partial charge >= 0.3 is 5.97 Å². The lowest BCUT2D eigenvalue weighted by Gasteiger charge is -2.07. The number of aromatic nitrogens is 2. The third-order valence-electron chi connectivity index (χ3n) is 2.68. The van der Waals surface area contributed by atoms with Gasteiger partial charge in [-0.15, -0.1) is 11.8 Å². The van der Waals surface area contributed by atoms with Crippen molar-refractivity contribution in [1.29, 1.82) is 0 Å². The molecule has 0 saturated heterocycles. The number of rotatable bonds is 3. The van der Waals surface area contributed by atoms with E-state index in [1.54, 1.807) is 13.2 Å². The van der Waals surface area contributed by atoms with Gasteiger partial charge in [0.05, 0.1) is 5.69 Å². The zero-order chi connectivity index (χ0) is 14.2. The number of nitrogens with zero attached hydrogens (tertiary/aromatic N) is 2. The minimum Gasteiger partial charge on any atom is -0.477 e. The highest BCUT2D eigenvalue weighted by atomic mass is 32.2. The second-order valence-electron chi connectivity index (χ2n) is 3.92. The Balaban J connectivity index is 2.66. The lowest BCUT2D eigenvalue weighted by molar-refractivity contribution is 0.0694. The van der Waals surface area contributed by atoms with Crippen molar-refractivity contribution in [2.45, 2.75) is 11.9 Å². The summed E-state index contributed by atoms with van der Waals surface area (Å²) in [5, 5.41) is 13.6. The van der Waals surface area contributed by atoms with Gasteiger partial charge in [0.1, 0.15) is 22.2 Å². The van der Waals surface area contributed by atoms with E-state index in [2.05, 4.69) is 5.10 Å². The second-order valence-corrected chi connectivity index (χ2v) is 4.71. The van der Waals surface area contributed by atoms with Crippen molar-refractivity contribution < 1.29 is 14.3 Å². The van der Waals surface area contributed by atoms with Crippen LogP contribution in [-0.4, -0.2) is 27.1 Å². The van der Waals surface area contributed by atoms with Crippen molar-refractivity contribution in [3.63, 3.8) is 0 Å². The molecule has 0 unspecified atom stereocenters. The van der Waals surface area contributed by atoms with Crippen LogP contribution in [0.2, 0.25) is 0 Å². The molecule has 5 nitrogen and oxygen atoms in total. The molecule has 1 heterocycles. The molecule has 0 radical (unpaired) electrons. The Morgan fingerprint density at radius 2 is 2.21 bits per heavy atom. The van der Waals surface area contributed by atoms with Gasteiger partial charge in [0.15, 0.2) is 0 Å². The Labute approximate surface area is 113 Å². The number of aryl methyl sites for hydroxylation is 1. The third-order valence-corrected chi connectivity index (χ3v) is 3.36. The van der Waals surface area contributed by atoms with E-state index in [1.807, 2.05) is 0 Å². The number of benzene rings is 1. The van der Waals surface area contributed by atoms with Crippen LogP contribution < -0.4 is 5.73 Å². The zero-order valence-electron chi connectivity index (χ0n) is 10.3.